The summed E-state index contributed by atoms with van der Waals surface area (Å²) in [6.45, 7) is 2.16. The highest BCUT2D eigenvalue weighted by Gasteiger charge is 2.23. The van der Waals surface area contributed by atoms with Crippen LogP contribution < -0.4 is 5.73 Å². The predicted molar refractivity (Wildman–Crippen MR) is 54.7 cm³/mol. The molecule has 1 aromatic heterocycles. The van der Waals surface area contributed by atoms with Crippen LogP contribution in [0.4, 0.5) is 5.82 Å². The molecule has 0 spiro atoms. The first-order valence-corrected chi connectivity index (χ1v) is 4.95. The summed E-state index contributed by atoms with van der Waals surface area (Å²) >= 11 is 0. The maximum absolute atomic E-state index is 8.80. The second kappa shape index (κ2) is 3.30. The molecule has 1 aliphatic rings. The van der Waals surface area contributed by atoms with Gasteiger partial charge in [-0.15, -0.1) is 0 Å². The normalized spacial score (nSPS) is 19.0. The van der Waals surface area contributed by atoms with Crippen LogP contribution in [0.5, 0.6) is 0 Å². The summed E-state index contributed by atoms with van der Waals surface area (Å²) in [6, 6.07) is 3.97. The summed E-state index contributed by atoms with van der Waals surface area (Å²) in [4.78, 5) is 4.33. The average Bonchev–Trinajstić information content (AvgIpc) is 2.58. The zero-order valence-electron chi connectivity index (χ0n) is 8.25. The van der Waals surface area contributed by atoms with Crippen molar-refractivity contribution in [2.45, 2.75) is 32.1 Å². The minimum absolute atomic E-state index is 0.381. The molecule has 0 amide bonds. The Morgan fingerprint density at radius 2 is 2.50 bits per heavy atom. The van der Waals surface area contributed by atoms with E-state index < -0.39 is 0 Å². The van der Waals surface area contributed by atoms with Gasteiger partial charge in [0, 0.05) is 11.6 Å². The number of hydrogen-bond donors (Lipinski definition) is 1. The first-order valence-electron chi connectivity index (χ1n) is 4.95. The van der Waals surface area contributed by atoms with Gasteiger partial charge in [-0.25, -0.2) is 4.98 Å². The van der Waals surface area contributed by atoms with Gasteiger partial charge in [-0.2, -0.15) is 5.26 Å². The van der Waals surface area contributed by atoms with Crippen molar-refractivity contribution < 1.29 is 0 Å². The third kappa shape index (κ3) is 1.24. The monoisotopic (exact) mass is 187 g/mol. The predicted octanol–water partition coefficient (Wildman–Crippen LogP) is 1.98. The number of fused-ring (bicyclic) bond motifs is 1. The molecular formula is C11H13N3. The molecule has 3 nitrogen and oxygen atoms in total. The van der Waals surface area contributed by atoms with E-state index in [1.165, 1.54) is 5.56 Å². The highest BCUT2D eigenvalue weighted by Crippen LogP contribution is 2.35. The Balaban J connectivity index is 2.50. The molecule has 0 fully saturated rings. The van der Waals surface area contributed by atoms with E-state index in [1.807, 2.05) is 6.07 Å². The van der Waals surface area contributed by atoms with Crippen LogP contribution in [0.3, 0.4) is 0 Å². The molecule has 1 heterocycles. The van der Waals surface area contributed by atoms with E-state index in [1.54, 1.807) is 0 Å². The lowest BCUT2D eigenvalue weighted by Crippen LogP contribution is -2.01. The van der Waals surface area contributed by atoms with Crippen molar-refractivity contribution in [2.24, 2.45) is 0 Å². The van der Waals surface area contributed by atoms with Gasteiger partial charge in [0.05, 0.1) is 5.56 Å². The molecule has 2 rings (SSSR count). The lowest BCUT2D eigenvalue weighted by Gasteiger charge is -2.08. The molecule has 1 unspecified atom stereocenters. The molecule has 0 aromatic carbocycles. The largest absolute Gasteiger partial charge is 0.383 e. The summed E-state index contributed by atoms with van der Waals surface area (Å²) in [7, 11) is 0. The van der Waals surface area contributed by atoms with Crippen LogP contribution in [0.1, 0.15) is 42.5 Å². The summed E-state index contributed by atoms with van der Waals surface area (Å²) in [5, 5.41) is 8.80. The van der Waals surface area contributed by atoms with E-state index >= 15 is 0 Å². The van der Waals surface area contributed by atoms with E-state index in [9.17, 15) is 0 Å². The molecule has 0 bridgehead atoms. The molecule has 72 valence electrons. The maximum Gasteiger partial charge on any atom is 0.141 e. The molecular weight excluding hydrogens is 174 g/mol. The van der Waals surface area contributed by atoms with Crippen molar-refractivity contribution in [2.75, 3.05) is 5.73 Å². The Morgan fingerprint density at radius 3 is 3.14 bits per heavy atom. The fourth-order valence-electron chi connectivity index (χ4n) is 2.09. The average molecular weight is 187 g/mol. The molecule has 2 N–H and O–H groups in total. The van der Waals surface area contributed by atoms with Crippen molar-refractivity contribution in [1.29, 1.82) is 5.26 Å². The van der Waals surface area contributed by atoms with E-state index in [0.29, 0.717) is 17.3 Å². The maximum atomic E-state index is 8.80. The minimum atomic E-state index is 0.381. The first kappa shape index (κ1) is 9.01. The second-order valence-electron chi connectivity index (χ2n) is 3.72. The molecule has 1 aromatic rings. The minimum Gasteiger partial charge on any atom is -0.383 e. The first-order chi connectivity index (χ1) is 6.76. The molecule has 14 heavy (non-hydrogen) atoms. The summed E-state index contributed by atoms with van der Waals surface area (Å²) in [5.41, 5.74) is 8.53. The Morgan fingerprint density at radius 1 is 1.71 bits per heavy atom. The number of nitrogen functional groups attached to an aromatic ring is 1. The van der Waals surface area contributed by atoms with E-state index in [0.717, 1.165) is 25.0 Å². The fraction of sp³-hybridized carbons (Fsp3) is 0.455. The number of nitrogens with zero attached hydrogens (tertiary/aromatic N) is 2. The number of aromatic nitrogens is 1. The van der Waals surface area contributed by atoms with Crippen LogP contribution in [-0.4, -0.2) is 4.98 Å². The number of aryl methyl sites for hydroxylation is 1. The van der Waals surface area contributed by atoms with Gasteiger partial charge < -0.3 is 5.73 Å². The molecule has 0 saturated carbocycles. The van der Waals surface area contributed by atoms with Crippen LogP contribution in [0.2, 0.25) is 0 Å². The SMILES string of the molecule is CCC1CCc2cc(C#N)c(N)nc21. The zero-order valence-corrected chi connectivity index (χ0v) is 8.25. The molecule has 0 radical (unpaired) electrons. The summed E-state index contributed by atoms with van der Waals surface area (Å²) in [5.74, 6) is 0.923. The smallest absolute Gasteiger partial charge is 0.141 e. The topological polar surface area (TPSA) is 62.7 Å². The number of anilines is 1. The van der Waals surface area contributed by atoms with Crippen LogP contribution in [-0.2, 0) is 6.42 Å². The van der Waals surface area contributed by atoms with Crippen LogP contribution in [0, 0.1) is 11.3 Å². The molecule has 1 atom stereocenters. The quantitative estimate of drug-likeness (QED) is 0.731. The van der Waals surface area contributed by atoms with Gasteiger partial charge in [0.15, 0.2) is 0 Å². The van der Waals surface area contributed by atoms with Gasteiger partial charge in [0.25, 0.3) is 0 Å². The number of nitrogens with two attached hydrogens (primary N) is 1. The van der Waals surface area contributed by atoms with Crippen molar-refractivity contribution in [3.8, 4) is 6.07 Å². The van der Waals surface area contributed by atoms with Gasteiger partial charge in [-0.1, -0.05) is 6.92 Å². The van der Waals surface area contributed by atoms with Gasteiger partial charge in [-0.3, -0.25) is 0 Å². The van der Waals surface area contributed by atoms with E-state index in [-0.39, 0.29) is 0 Å². The fourth-order valence-corrected chi connectivity index (χ4v) is 2.09. The number of hydrogen-bond acceptors (Lipinski definition) is 3. The molecule has 0 saturated heterocycles. The molecule has 1 aliphatic carbocycles. The van der Waals surface area contributed by atoms with Gasteiger partial charge in [-0.05, 0) is 30.9 Å². The van der Waals surface area contributed by atoms with Gasteiger partial charge in [0.2, 0.25) is 0 Å². The van der Waals surface area contributed by atoms with Crippen molar-refractivity contribution in [3.05, 3.63) is 22.9 Å². The van der Waals surface area contributed by atoms with Crippen molar-refractivity contribution in [3.63, 3.8) is 0 Å². The Kier molecular flexibility index (Phi) is 2.12. The highest BCUT2D eigenvalue weighted by atomic mass is 14.9. The van der Waals surface area contributed by atoms with Crippen LogP contribution >= 0.6 is 0 Å². The van der Waals surface area contributed by atoms with E-state index in [2.05, 4.69) is 18.0 Å². The Hall–Kier alpha value is -1.56. The molecule has 3 heteroatoms. The highest BCUT2D eigenvalue weighted by molar-refractivity contribution is 5.52. The second-order valence-corrected chi connectivity index (χ2v) is 3.72. The standard InChI is InChI=1S/C11H13N3/c1-2-7-3-4-8-5-9(6-12)11(13)14-10(7)8/h5,7H,2-4H2,1H3,(H2,13,14). The molecule has 0 aliphatic heterocycles. The summed E-state index contributed by atoms with van der Waals surface area (Å²) < 4.78 is 0. The van der Waals surface area contributed by atoms with Crippen molar-refractivity contribution in [1.82, 2.24) is 4.98 Å². The zero-order chi connectivity index (χ0) is 10.1. The van der Waals surface area contributed by atoms with Gasteiger partial charge >= 0.3 is 0 Å². The summed E-state index contributed by atoms with van der Waals surface area (Å²) in [6.07, 6.45) is 3.29. The van der Waals surface area contributed by atoms with E-state index in [4.69, 9.17) is 11.0 Å². The number of rotatable bonds is 1. The Bertz CT molecular complexity index is 404. The lowest BCUT2D eigenvalue weighted by molar-refractivity contribution is 0.643. The van der Waals surface area contributed by atoms with Crippen molar-refractivity contribution >= 4 is 5.82 Å². The van der Waals surface area contributed by atoms with Gasteiger partial charge in [0.1, 0.15) is 11.9 Å². The number of pyridine rings is 1. The lowest BCUT2D eigenvalue weighted by atomic mass is 10.0. The van der Waals surface area contributed by atoms with Crippen LogP contribution in [0.15, 0.2) is 6.07 Å². The third-order valence-electron chi connectivity index (χ3n) is 2.93. The Labute approximate surface area is 83.6 Å². The van der Waals surface area contributed by atoms with Crippen LogP contribution in [0.25, 0.3) is 0 Å². The number of nitriles is 1. The third-order valence-corrected chi connectivity index (χ3v) is 2.93.